The van der Waals surface area contributed by atoms with Crippen LogP contribution in [0.1, 0.15) is 16.1 Å². The van der Waals surface area contributed by atoms with Crippen molar-refractivity contribution in [2.75, 3.05) is 0 Å². The molecule has 0 bridgehead atoms. The molecular weight excluding hydrogens is 329 g/mol. The molecule has 0 aliphatic heterocycles. The third-order valence-electron chi connectivity index (χ3n) is 2.79. The second-order valence-electron chi connectivity index (χ2n) is 5.35. The number of hydrogen-bond acceptors (Lipinski definition) is 2. The Kier molecular flexibility index (Phi) is 3.85. The summed E-state index contributed by atoms with van der Waals surface area (Å²) < 4.78 is 1.14. The molecule has 2 rings (SSSR count). The van der Waals surface area contributed by atoms with Gasteiger partial charge in [-0.25, -0.2) is 0 Å². The van der Waals surface area contributed by atoms with E-state index in [9.17, 15) is 4.79 Å². The van der Waals surface area contributed by atoms with Gasteiger partial charge in [0, 0.05) is 0 Å². The molecule has 0 aliphatic carbocycles. The van der Waals surface area contributed by atoms with Crippen molar-refractivity contribution in [3.63, 3.8) is 0 Å². The number of benzene rings is 1. The van der Waals surface area contributed by atoms with Crippen LogP contribution in [-0.2, 0) is 0 Å². The van der Waals surface area contributed by atoms with Gasteiger partial charge in [0.2, 0.25) is 0 Å². The summed E-state index contributed by atoms with van der Waals surface area (Å²) in [5.74, 6) is 0.00740. The molecule has 1 heterocycles. The van der Waals surface area contributed by atoms with Crippen molar-refractivity contribution in [3.05, 3.63) is 59.8 Å². The SMILES string of the molecule is [CH3][Sn]([CH3])([CH3])[c]1cccc(C(=O)c2ccccc2)n1. The molecule has 0 fully saturated rings. The molecule has 1 aromatic heterocycles. The van der Waals surface area contributed by atoms with Crippen molar-refractivity contribution >= 4 is 27.9 Å². The molecule has 0 saturated heterocycles. The van der Waals surface area contributed by atoms with Crippen LogP contribution >= 0.6 is 0 Å². The molecule has 2 nitrogen and oxygen atoms in total. The number of rotatable bonds is 3. The van der Waals surface area contributed by atoms with Gasteiger partial charge in [-0.2, -0.15) is 0 Å². The fourth-order valence-corrected chi connectivity index (χ4v) is 4.72. The van der Waals surface area contributed by atoms with E-state index in [-0.39, 0.29) is 5.78 Å². The van der Waals surface area contributed by atoms with Crippen molar-refractivity contribution < 1.29 is 4.79 Å². The van der Waals surface area contributed by atoms with E-state index in [4.69, 9.17) is 0 Å². The van der Waals surface area contributed by atoms with Gasteiger partial charge in [0.15, 0.2) is 0 Å². The number of ketones is 1. The minimum atomic E-state index is -2.21. The Hall–Kier alpha value is -1.16. The zero-order chi connectivity index (χ0) is 13.2. The Morgan fingerprint density at radius 1 is 0.944 bits per heavy atom. The molecule has 0 N–H and O–H groups in total. The van der Waals surface area contributed by atoms with Crippen molar-refractivity contribution in [1.82, 2.24) is 4.98 Å². The average molecular weight is 346 g/mol. The van der Waals surface area contributed by atoms with Gasteiger partial charge < -0.3 is 0 Å². The van der Waals surface area contributed by atoms with Gasteiger partial charge in [0.05, 0.1) is 0 Å². The van der Waals surface area contributed by atoms with E-state index < -0.39 is 18.4 Å². The average Bonchev–Trinajstić information content (AvgIpc) is 2.38. The number of aromatic nitrogens is 1. The van der Waals surface area contributed by atoms with Crippen LogP contribution in [0.4, 0.5) is 0 Å². The molecular formula is C15H17NOSn. The summed E-state index contributed by atoms with van der Waals surface area (Å²) >= 11 is -2.21. The molecule has 18 heavy (non-hydrogen) atoms. The molecule has 2 aromatic rings. The van der Waals surface area contributed by atoms with Crippen molar-refractivity contribution in [3.8, 4) is 0 Å². The molecule has 3 heteroatoms. The zero-order valence-corrected chi connectivity index (χ0v) is 13.8. The van der Waals surface area contributed by atoms with E-state index in [0.717, 1.165) is 3.71 Å². The molecule has 0 aliphatic rings. The van der Waals surface area contributed by atoms with E-state index in [0.29, 0.717) is 11.3 Å². The van der Waals surface area contributed by atoms with Crippen LogP contribution in [0.3, 0.4) is 0 Å². The Balaban J connectivity index is 2.38. The summed E-state index contributed by atoms with van der Waals surface area (Å²) in [6.45, 7) is 0. The summed E-state index contributed by atoms with van der Waals surface area (Å²) in [5.41, 5.74) is 1.26. The van der Waals surface area contributed by atoms with Crippen molar-refractivity contribution in [2.24, 2.45) is 0 Å². The van der Waals surface area contributed by atoms with E-state index in [2.05, 4.69) is 25.9 Å². The fraction of sp³-hybridized carbons (Fsp3) is 0.200. The van der Waals surface area contributed by atoms with Crippen LogP contribution in [0.15, 0.2) is 48.5 Å². The quantitative estimate of drug-likeness (QED) is 0.632. The third kappa shape index (κ3) is 2.99. The van der Waals surface area contributed by atoms with E-state index >= 15 is 0 Å². The maximum absolute atomic E-state index is 12.3. The van der Waals surface area contributed by atoms with E-state index in [1.165, 1.54) is 0 Å². The predicted molar refractivity (Wildman–Crippen MR) is 77.1 cm³/mol. The molecule has 0 atom stereocenters. The minimum absolute atomic E-state index is 0.00740. The fourth-order valence-electron chi connectivity index (χ4n) is 1.72. The molecule has 0 saturated carbocycles. The Morgan fingerprint density at radius 2 is 1.61 bits per heavy atom. The van der Waals surface area contributed by atoms with Crippen LogP contribution in [-0.4, -0.2) is 29.1 Å². The van der Waals surface area contributed by atoms with Crippen LogP contribution in [0.25, 0.3) is 0 Å². The molecule has 0 unspecified atom stereocenters. The first-order valence-corrected chi connectivity index (χ1v) is 16.0. The Bertz CT molecular complexity index is 558. The molecule has 0 amide bonds. The Morgan fingerprint density at radius 3 is 2.22 bits per heavy atom. The number of carbonyl (C=O) groups excluding carboxylic acids is 1. The summed E-state index contributed by atoms with van der Waals surface area (Å²) in [7, 11) is 0. The van der Waals surface area contributed by atoms with E-state index in [1.807, 2.05) is 36.4 Å². The van der Waals surface area contributed by atoms with Gasteiger partial charge in [0.1, 0.15) is 0 Å². The molecule has 0 radical (unpaired) electrons. The topological polar surface area (TPSA) is 30.0 Å². The van der Waals surface area contributed by atoms with Gasteiger partial charge in [-0.15, -0.1) is 0 Å². The predicted octanol–water partition coefficient (Wildman–Crippen LogP) is 2.86. The van der Waals surface area contributed by atoms with Crippen molar-refractivity contribution in [1.29, 1.82) is 0 Å². The molecule has 0 spiro atoms. The normalized spacial score (nSPS) is 11.3. The van der Waals surface area contributed by atoms with Crippen molar-refractivity contribution in [2.45, 2.75) is 14.8 Å². The summed E-state index contributed by atoms with van der Waals surface area (Å²) in [6.07, 6.45) is 0. The molecule has 92 valence electrons. The first-order valence-electron chi connectivity index (χ1n) is 6.06. The summed E-state index contributed by atoms with van der Waals surface area (Å²) in [5, 5.41) is 0. The molecule has 1 aromatic carbocycles. The standard InChI is InChI=1S/C12H8NO.3CH3.Sn/c14-12(10-6-2-1-3-7-10)11-8-4-5-9-13-11;;;;/h1-8H;3*1H3;. The summed E-state index contributed by atoms with van der Waals surface area (Å²) in [6, 6.07) is 15.1. The van der Waals surface area contributed by atoms with Crippen LogP contribution < -0.4 is 3.71 Å². The monoisotopic (exact) mass is 347 g/mol. The third-order valence-corrected chi connectivity index (χ3v) is 7.97. The van der Waals surface area contributed by atoms with Gasteiger partial charge in [-0.1, -0.05) is 0 Å². The first-order chi connectivity index (χ1) is 8.48. The number of hydrogen-bond donors (Lipinski definition) is 0. The van der Waals surface area contributed by atoms with Crippen LogP contribution in [0.5, 0.6) is 0 Å². The van der Waals surface area contributed by atoms with Gasteiger partial charge in [-0.05, 0) is 0 Å². The van der Waals surface area contributed by atoms with Gasteiger partial charge in [-0.3, -0.25) is 0 Å². The second kappa shape index (κ2) is 5.22. The van der Waals surface area contributed by atoms with Crippen LogP contribution in [0.2, 0.25) is 14.8 Å². The van der Waals surface area contributed by atoms with Gasteiger partial charge in [0.25, 0.3) is 0 Å². The first kappa shape index (κ1) is 13.3. The number of nitrogens with zero attached hydrogens (tertiary/aromatic N) is 1. The number of pyridine rings is 1. The second-order valence-corrected chi connectivity index (χ2v) is 19.7. The summed E-state index contributed by atoms with van der Waals surface area (Å²) in [4.78, 5) is 23.7. The van der Waals surface area contributed by atoms with E-state index in [1.54, 1.807) is 6.07 Å². The van der Waals surface area contributed by atoms with Crippen LogP contribution in [0, 0.1) is 0 Å². The number of carbonyl (C=O) groups is 1. The maximum atomic E-state index is 12.3. The zero-order valence-electron chi connectivity index (χ0n) is 11.0. The Labute approximate surface area is 112 Å². The van der Waals surface area contributed by atoms with Gasteiger partial charge >= 0.3 is 112 Å².